The summed E-state index contributed by atoms with van der Waals surface area (Å²) in [7, 11) is 0. The second kappa shape index (κ2) is 5.96. The average Bonchev–Trinajstić information content (AvgIpc) is 2.45. The first-order valence-corrected chi connectivity index (χ1v) is 6.45. The van der Waals surface area contributed by atoms with Gasteiger partial charge < -0.3 is 10.6 Å². The third-order valence-electron chi connectivity index (χ3n) is 3.48. The van der Waals surface area contributed by atoms with Crippen molar-refractivity contribution in [1.29, 1.82) is 0 Å². The first-order chi connectivity index (χ1) is 9.51. The van der Waals surface area contributed by atoms with Crippen molar-refractivity contribution in [3.8, 4) is 0 Å². The molecule has 1 aromatic carbocycles. The van der Waals surface area contributed by atoms with Gasteiger partial charge in [-0.15, -0.1) is 0 Å². The molecule has 1 aromatic rings. The maximum Gasteiger partial charge on any atom is 0.273 e. The summed E-state index contributed by atoms with van der Waals surface area (Å²) in [6, 6.07) is 2.94. The Morgan fingerprint density at radius 3 is 2.90 bits per heavy atom. The van der Waals surface area contributed by atoms with E-state index in [0.29, 0.717) is 19.6 Å². The molecule has 0 spiro atoms. The van der Waals surface area contributed by atoms with Crippen LogP contribution >= 0.6 is 0 Å². The van der Waals surface area contributed by atoms with Gasteiger partial charge in [-0.1, -0.05) is 0 Å². The maximum atomic E-state index is 13.4. The third-order valence-corrected chi connectivity index (χ3v) is 3.48. The zero-order valence-electron chi connectivity index (χ0n) is 10.9. The molecule has 1 fully saturated rings. The van der Waals surface area contributed by atoms with Crippen LogP contribution in [-0.4, -0.2) is 35.4 Å². The van der Waals surface area contributed by atoms with E-state index in [1.165, 1.54) is 0 Å². The highest BCUT2D eigenvalue weighted by Crippen LogP contribution is 2.21. The monoisotopic (exact) mass is 281 g/mol. The van der Waals surface area contributed by atoms with Crippen LogP contribution in [0.4, 0.5) is 10.1 Å². The SMILES string of the molecule is NCC1CCCN(C(=O)c2cc(F)cc([N+](=O)[O-])c2)C1. The minimum absolute atomic E-state index is 0.00868. The van der Waals surface area contributed by atoms with E-state index in [2.05, 4.69) is 0 Å². The maximum absolute atomic E-state index is 13.4. The van der Waals surface area contributed by atoms with Crippen molar-refractivity contribution in [1.82, 2.24) is 4.90 Å². The molecule has 20 heavy (non-hydrogen) atoms. The molecule has 1 atom stereocenters. The van der Waals surface area contributed by atoms with Crippen molar-refractivity contribution >= 4 is 11.6 Å². The molecule has 0 radical (unpaired) electrons. The highest BCUT2D eigenvalue weighted by Gasteiger charge is 2.25. The van der Waals surface area contributed by atoms with Crippen LogP contribution in [0.3, 0.4) is 0 Å². The predicted molar refractivity (Wildman–Crippen MR) is 70.7 cm³/mol. The molecule has 1 aliphatic heterocycles. The number of piperidine rings is 1. The number of carbonyl (C=O) groups is 1. The summed E-state index contributed by atoms with van der Waals surface area (Å²) in [5, 5.41) is 10.7. The molecule has 1 saturated heterocycles. The van der Waals surface area contributed by atoms with Crippen LogP contribution in [0.5, 0.6) is 0 Å². The summed E-state index contributed by atoms with van der Waals surface area (Å²) < 4.78 is 13.4. The molecule has 2 N–H and O–H groups in total. The number of benzene rings is 1. The lowest BCUT2D eigenvalue weighted by atomic mass is 9.97. The molecule has 1 heterocycles. The Bertz CT molecular complexity index is 536. The highest BCUT2D eigenvalue weighted by atomic mass is 19.1. The predicted octanol–water partition coefficient (Wildman–Crippen LogP) is 1.54. The molecular weight excluding hydrogens is 265 g/mol. The van der Waals surface area contributed by atoms with E-state index >= 15 is 0 Å². The minimum Gasteiger partial charge on any atom is -0.338 e. The zero-order chi connectivity index (χ0) is 14.7. The van der Waals surface area contributed by atoms with Crippen LogP contribution in [0.15, 0.2) is 18.2 Å². The average molecular weight is 281 g/mol. The molecule has 0 saturated carbocycles. The van der Waals surface area contributed by atoms with Crippen molar-refractivity contribution in [3.05, 3.63) is 39.7 Å². The number of nitro benzene ring substituents is 1. The van der Waals surface area contributed by atoms with Gasteiger partial charge in [-0.3, -0.25) is 14.9 Å². The van der Waals surface area contributed by atoms with E-state index in [1.54, 1.807) is 4.90 Å². The summed E-state index contributed by atoms with van der Waals surface area (Å²) in [5.41, 5.74) is 5.20. The second-order valence-electron chi connectivity index (χ2n) is 4.95. The summed E-state index contributed by atoms with van der Waals surface area (Å²) in [6.45, 7) is 1.58. The molecule has 0 aromatic heterocycles. The van der Waals surface area contributed by atoms with Crippen LogP contribution in [0.25, 0.3) is 0 Å². The fourth-order valence-corrected chi connectivity index (χ4v) is 2.43. The van der Waals surface area contributed by atoms with Gasteiger partial charge in [0, 0.05) is 24.7 Å². The van der Waals surface area contributed by atoms with E-state index in [0.717, 1.165) is 31.0 Å². The van der Waals surface area contributed by atoms with Crippen LogP contribution in [0.2, 0.25) is 0 Å². The molecule has 1 unspecified atom stereocenters. The van der Waals surface area contributed by atoms with Crippen LogP contribution in [0.1, 0.15) is 23.2 Å². The third kappa shape index (κ3) is 3.11. The van der Waals surface area contributed by atoms with Crippen molar-refractivity contribution in [2.75, 3.05) is 19.6 Å². The van der Waals surface area contributed by atoms with Gasteiger partial charge in [0.15, 0.2) is 0 Å². The Morgan fingerprint density at radius 2 is 2.25 bits per heavy atom. The highest BCUT2D eigenvalue weighted by molar-refractivity contribution is 5.95. The van der Waals surface area contributed by atoms with Crippen molar-refractivity contribution in [2.45, 2.75) is 12.8 Å². The van der Waals surface area contributed by atoms with Gasteiger partial charge in [0.05, 0.1) is 11.0 Å². The standard InChI is InChI=1S/C13H16FN3O3/c14-11-4-10(5-12(6-11)17(19)20)13(18)16-3-1-2-9(7-15)8-16/h4-6,9H,1-3,7-8,15H2. The summed E-state index contributed by atoms with van der Waals surface area (Å²) >= 11 is 0. The molecule has 2 rings (SSSR count). The number of non-ortho nitro benzene ring substituents is 1. The number of hydrogen-bond donors (Lipinski definition) is 1. The Kier molecular flexibility index (Phi) is 4.29. The lowest BCUT2D eigenvalue weighted by Crippen LogP contribution is -2.42. The van der Waals surface area contributed by atoms with E-state index in [9.17, 15) is 19.3 Å². The number of likely N-dealkylation sites (tertiary alicyclic amines) is 1. The van der Waals surface area contributed by atoms with Gasteiger partial charge in [-0.2, -0.15) is 0 Å². The van der Waals surface area contributed by atoms with E-state index in [-0.39, 0.29) is 17.4 Å². The Hall–Kier alpha value is -2.02. The number of amides is 1. The summed E-state index contributed by atoms with van der Waals surface area (Å²) in [5.74, 6) is -0.933. The summed E-state index contributed by atoms with van der Waals surface area (Å²) in [6.07, 6.45) is 1.80. The molecular formula is C13H16FN3O3. The molecule has 7 heteroatoms. The topological polar surface area (TPSA) is 89.5 Å². The normalized spacial score (nSPS) is 18.9. The van der Waals surface area contributed by atoms with E-state index < -0.39 is 16.4 Å². The number of nitrogens with two attached hydrogens (primary N) is 1. The molecule has 6 nitrogen and oxygen atoms in total. The summed E-state index contributed by atoms with van der Waals surface area (Å²) in [4.78, 5) is 23.9. The van der Waals surface area contributed by atoms with Crippen molar-refractivity contribution in [3.63, 3.8) is 0 Å². The van der Waals surface area contributed by atoms with Gasteiger partial charge in [0.1, 0.15) is 5.82 Å². The smallest absolute Gasteiger partial charge is 0.273 e. The largest absolute Gasteiger partial charge is 0.338 e. The number of carbonyl (C=O) groups excluding carboxylic acids is 1. The van der Waals surface area contributed by atoms with Crippen LogP contribution in [-0.2, 0) is 0 Å². The fourth-order valence-electron chi connectivity index (χ4n) is 2.43. The molecule has 0 aliphatic carbocycles. The van der Waals surface area contributed by atoms with Crippen LogP contribution < -0.4 is 5.73 Å². The number of nitro groups is 1. The first kappa shape index (κ1) is 14.4. The Balaban J connectivity index is 2.22. The van der Waals surface area contributed by atoms with Gasteiger partial charge >= 0.3 is 0 Å². The van der Waals surface area contributed by atoms with Gasteiger partial charge in [-0.05, 0) is 31.4 Å². The second-order valence-corrected chi connectivity index (χ2v) is 4.95. The lowest BCUT2D eigenvalue weighted by molar-refractivity contribution is -0.385. The Morgan fingerprint density at radius 1 is 1.50 bits per heavy atom. The molecule has 108 valence electrons. The zero-order valence-corrected chi connectivity index (χ0v) is 10.9. The van der Waals surface area contributed by atoms with Crippen LogP contribution in [0, 0.1) is 21.8 Å². The van der Waals surface area contributed by atoms with Crippen molar-refractivity contribution in [2.24, 2.45) is 11.7 Å². The van der Waals surface area contributed by atoms with E-state index in [4.69, 9.17) is 5.73 Å². The lowest BCUT2D eigenvalue weighted by Gasteiger charge is -2.32. The van der Waals surface area contributed by atoms with E-state index in [1.807, 2.05) is 0 Å². The first-order valence-electron chi connectivity index (χ1n) is 6.45. The fraction of sp³-hybridized carbons (Fsp3) is 0.462. The molecule has 1 aliphatic rings. The molecule has 1 amide bonds. The quantitative estimate of drug-likeness (QED) is 0.672. The van der Waals surface area contributed by atoms with Crippen molar-refractivity contribution < 1.29 is 14.1 Å². The number of hydrogen-bond acceptors (Lipinski definition) is 4. The number of nitrogens with zero attached hydrogens (tertiary/aromatic N) is 2. The molecule has 0 bridgehead atoms. The Labute approximate surface area is 115 Å². The number of rotatable bonds is 3. The van der Waals surface area contributed by atoms with Gasteiger partial charge in [0.25, 0.3) is 11.6 Å². The number of halogens is 1. The minimum atomic E-state index is -0.782. The van der Waals surface area contributed by atoms with Gasteiger partial charge in [0.2, 0.25) is 0 Å². The van der Waals surface area contributed by atoms with Gasteiger partial charge in [-0.25, -0.2) is 4.39 Å².